The van der Waals surface area contributed by atoms with Crippen molar-refractivity contribution in [1.82, 2.24) is 9.13 Å². The number of alkyl halides is 2. The lowest BCUT2D eigenvalue weighted by Gasteiger charge is -2.07. The number of ether oxygens (including phenoxy) is 1. The van der Waals surface area contributed by atoms with Crippen molar-refractivity contribution in [3.8, 4) is 11.4 Å². The Morgan fingerprint density at radius 1 is 1.21 bits per heavy atom. The molecule has 0 N–H and O–H groups in total. The Labute approximate surface area is 108 Å². The van der Waals surface area contributed by atoms with Gasteiger partial charge in [0, 0.05) is 24.5 Å². The SMILES string of the molecule is CC(C)n1ccn(-c2cccc(OC(F)F)c2)c1=O. The first-order valence-electron chi connectivity index (χ1n) is 5.84. The molecule has 102 valence electrons. The summed E-state index contributed by atoms with van der Waals surface area (Å²) in [5, 5.41) is 0. The van der Waals surface area contributed by atoms with Gasteiger partial charge >= 0.3 is 12.3 Å². The van der Waals surface area contributed by atoms with Crippen LogP contribution in [0.2, 0.25) is 0 Å². The van der Waals surface area contributed by atoms with Gasteiger partial charge in [0.05, 0.1) is 5.69 Å². The first-order chi connectivity index (χ1) is 8.99. The van der Waals surface area contributed by atoms with Gasteiger partial charge in [-0.2, -0.15) is 8.78 Å². The van der Waals surface area contributed by atoms with E-state index in [1.165, 1.54) is 16.7 Å². The van der Waals surface area contributed by atoms with E-state index in [0.717, 1.165) is 0 Å². The van der Waals surface area contributed by atoms with E-state index in [0.29, 0.717) is 5.69 Å². The van der Waals surface area contributed by atoms with Crippen molar-refractivity contribution < 1.29 is 13.5 Å². The summed E-state index contributed by atoms with van der Waals surface area (Å²) in [6.45, 7) is 0.900. The maximum absolute atomic E-state index is 12.1. The Morgan fingerprint density at radius 2 is 1.95 bits per heavy atom. The summed E-state index contributed by atoms with van der Waals surface area (Å²) in [7, 11) is 0. The lowest BCUT2D eigenvalue weighted by atomic mass is 10.3. The topological polar surface area (TPSA) is 36.2 Å². The molecule has 0 spiro atoms. The van der Waals surface area contributed by atoms with E-state index in [1.807, 2.05) is 13.8 Å². The number of nitrogens with zero attached hydrogens (tertiary/aromatic N) is 2. The van der Waals surface area contributed by atoms with E-state index < -0.39 is 6.61 Å². The summed E-state index contributed by atoms with van der Waals surface area (Å²) in [5.41, 5.74) is 0.270. The van der Waals surface area contributed by atoms with Crippen LogP contribution in [0, 0.1) is 0 Å². The van der Waals surface area contributed by atoms with Crippen molar-refractivity contribution in [1.29, 1.82) is 0 Å². The number of rotatable bonds is 4. The smallest absolute Gasteiger partial charge is 0.387 e. The van der Waals surface area contributed by atoms with Crippen molar-refractivity contribution in [3.05, 3.63) is 47.1 Å². The highest BCUT2D eigenvalue weighted by atomic mass is 19.3. The van der Waals surface area contributed by atoms with Crippen LogP contribution in [0.3, 0.4) is 0 Å². The summed E-state index contributed by atoms with van der Waals surface area (Å²) < 4.78 is 31.6. The molecule has 2 aromatic rings. The van der Waals surface area contributed by atoms with Crippen molar-refractivity contribution in [2.24, 2.45) is 0 Å². The van der Waals surface area contributed by atoms with Crippen LogP contribution in [0.15, 0.2) is 41.5 Å². The summed E-state index contributed by atoms with van der Waals surface area (Å²) in [4.78, 5) is 12.1. The monoisotopic (exact) mass is 268 g/mol. The molecule has 0 aliphatic rings. The molecular weight excluding hydrogens is 254 g/mol. The molecule has 1 heterocycles. The summed E-state index contributed by atoms with van der Waals surface area (Å²) in [5.74, 6) is 0.0247. The average molecular weight is 268 g/mol. The van der Waals surface area contributed by atoms with Gasteiger partial charge in [-0.25, -0.2) is 4.79 Å². The molecule has 0 aliphatic heterocycles. The Morgan fingerprint density at radius 3 is 2.53 bits per heavy atom. The van der Waals surface area contributed by atoms with E-state index in [2.05, 4.69) is 4.74 Å². The minimum absolute atomic E-state index is 0.0247. The maximum Gasteiger partial charge on any atom is 0.387 e. The molecule has 0 bridgehead atoms. The number of aromatic nitrogens is 2. The van der Waals surface area contributed by atoms with Crippen molar-refractivity contribution >= 4 is 0 Å². The van der Waals surface area contributed by atoms with Crippen molar-refractivity contribution in [2.45, 2.75) is 26.5 Å². The summed E-state index contributed by atoms with van der Waals surface area (Å²) in [6, 6.07) is 6.07. The van der Waals surface area contributed by atoms with E-state index in [1.54, 1.807) is 29.1 Å². The van der Waals surface area contributed by atoms with Crippen LogP contribution in [-0.2, 0) is 0 Å². The average Bonchev–Trinajstić information content (AvgIpc) is 2.70. The normalized spacial score (nSPS) is 11.3. The Kier molecular flexibility index (Phi) is 3.69. The predicted molar refractivity (Wildman–Crippen MR) is 67.0 cm³/mol. The zero-order chi connectivity index (χ0) is 14.0. The maximum atomic E-state index is 12.1. The fourth-order valence-electron chi connectivity index (χ4n) is 1.79. The third-order valence-electron chi connectivity index (χ3n) is 2.68. The molecule has 1 aromatic carbocycles. The number of imidazole rings is 1. The van der Waals surface area contributed by atoms with E-state index >= 15 is 0 Å². The molecule has 0 aliphatic carbocycles. The van der Waals surface area contributed by atoms with Crippen LogP contribution in [0.1, 0.15) is 19.9 Å². The van der Waals surface area contributed by atoms with Crippen LogP contribution in [0.25, 0.3) is 5.69 Å². The summed E-state index contributed by atoms with van der Waals surface area (Å²) in [6.07, 6.45) is 3.26. The Bertz CT molecular complexity index is 617. The van der Waals surface area contributed by atoms with Gasteiger partial charge < -0.3 is 4.74 Å². The highest BCUT2D eigenvalue weighted by Gasteiger charge is 2.09. The summed E-state index contributed by atoms with van der Waals surface area (Å²) >= 11 is 0. The number of hydrogen-bond donors (Lipinski definition) is 0. The third-order valence-corrected chi connectivity index (χ3v) is 2.68. The Hall–Kier alpha value is -2.11. The van der Waals surface area contributed by atoms with Crippen LogP contribution >= 0.6 is 0 Å². The molecule has 0 saturated carbocycles. The zero-order valence-corrected chi connectivity index (χ0v) is 10.6. The van der Waals surface area contributed by atoms with Gasteiger partial charge in [0.25, 0.3) is 0 Å². The lowest BCUT2D eigenvalue weighted by Crippen LogP contribution is -2.24. The largest absolute Gasteiger partial charge is 0.435 e. The second-order valence-electron chi connectivity index (χ2n) is 4.33. The fraction of sp³-hybridized carbons (Fsp3) is 0.308. The van der Waals surface area contributed by atoms with Gasteiger partial charge in [-0.1, -0.05) is 6.07 Å². The second-order valence-corrected chi connectivity index (χ2v) is 4.33. The number of halogens is 2. The molecular formula is C13H14F2N2O2. The van der Waals surface area contributed by atoms with Gasteiger partial charge in [0.2, 0.25) is 0 Å². The van der Waals surface area contributed by atoms with Crippen LogP contribution in [-0.4, -0.2) is 15.7 Å². The molecule has 0 amide bonds. The molecule has 0 saturated heterocycles. The van der Waals surface area contributed by atoms with Gasteiger partial charge in [-0.05, 0) is 26.0 Å². The Balaban J connectivity index is 2.39. The number of benzene rings is 1. The van der Waals surface area contributed by atoms with E-state index in [-0.39, 0.29) is 17.5 Å². The zero-order valence-electron chi connectivity index (χ0n) is 10.6. The highest BCUT2D eigenvalue weighted by Crippen LogP contribution is 2.18. The molecule has 19 heavy (non-hydrogen) atoms. The van der Waals surface area contributed by atoms with E-state index in [4.69, 9.17) is 0 Å². The standard InChI is InChI=1S/C13H14F2N2O2/c1-9(2)16-6-7-17(13(16)18)10-4-3-5-11(8-10)19-12(14)15/h3-9,12H,1-2H3. The van der Waals surface area contributed by atoms with E-state index in [9.17, 15) is 13.6 Å². The van der Waals surface area contributed by atoms with Gasteiger partial charge in [-0.3, -0.25) is 9.13 Å². The lowest BCUT2D eigenvalue weighted by molar-refractivity contribution is -0.0498. The molecule has 1 aromatic heterocycles. The third kappa shape index (κ3) is 2.83. The van der Waals surface area contributed by atoms with Gasteiger partial charge in [0.1, 0.15) is 5.75 Å². The first-order valence-corrected chi connectivity index (χ1v) is 5.84. The van der Waals surface area contributed by atoms with Gasteiger partial charge in [0.15, 0.2) is 0 Å². The number of hydrogen-bond acceptors (Lipinski definition) is 2. The minimum atomic E-state index is -2.88. The van der Waals surface area contributed by atoms with Crippen LogP contribution in [0.4, 0.5) is 8.78 Å². The van der Waals surface area contributed by atoms with Crippen molar-refractivity contribution in [3.63, 3.8) is 0 Å². The molecule has 0 fully saturated rings. The van der Waals surface area contributed by atoms with Crippen LogP contribution in [0.5, 0.6) is 5.75 Å². The van der Waals surface area contributed by atoms with Gasteiger partial charge in [-0.15, -0.1) is 0 Å². The van der Waals surface area contributed by atoms with Crippen molar-refractivity contribution in [2.75, 3.05) is 0 Å². The second kappa shape index (κ2) is 5.26. The molecule has 4 nitrogen and oxygen atoms in total. The molecule has 6 heteroatoms. The first kappa shape index (κ1) is 13.3. The van der Waals surface area contributed by atoms with Crippen LogP contribution < -0.4 is 10.4 Å². The highest BCUT2D eigenvalue weighted by molar-refractivity contribution is 5.39. The molecule has 0 atom stereocenters. The predicted octanol–water partition coefficient (Wildman–Crippen LogP) is 2.82. The minimum Gasteiger partial charge on any atom is -0.435 e. The molecule has 0 unspecified atom stereocenters. The molecule has 0 radical (unpaired) electrons. The molecule has 2 rings (SSSR count). The quantitative estimate of drug-likeness (QED) is 0.854. The fourth-order valence-corrected chi connectivity index (χ4v) is 1.79.